The summed E-state index contributed by atoms with van der Waals surface area (Å²) in [6, 6.07) is 14.1. The van der Waals surface area contributed by atoms with Crippen molar-refractivity contribution in [3.8, 4) is 0 Å². The molecule has 3 aromatic rings. The van der Waals surface area contributed by atoms with Gasteiger partial charge in [0.2, 0.25) is 0 Å². The molecule has 130 valence electrons. The first kappa shape index (κ1) is 17.7. The first-order valence-corrected chi connectivity index (χ1v) is 10.1. The molecule has 2 N–H and O–H groups in total. The highest BCUT2D eigenvalue weighted by atomic mass is 35.5. The summed E-state index contributed by atoms with van der Waals surface area (Å²) in [6.07, 6.45) is 0.977. The number of nitrogens with zero attached hydrogens (tertiary/aromatic N) is 2. The molecule has 0 amide bonds. The highest BCUT2D eigenvalue weighted by Gasteiger charge is 2.17. The molecule has 9 heteroatoms. The average Bonchev–Trinajstić information content (AvgIpc) is 3.05. The third-order valence-electron chi connectivity index (χ3n) is 3.35. The van der Waals surface area contributed by atoms with E-state index in [-0.39, 0.29) is 10.0 Å². The van der Waals surface area contributed by atoms with E-state index in [0.717, 1.165) is 23.4 Å². The van der Waals surface area contributed by atoms with Crippen molar-refractivity contribution in [3.63, 3.8) is 0 Å². The minimum absolute atomic E-state index is 0.123. The van der Waals surface area contributed by atoms with E-state index in [1.165, 1.54) is 17.7 Å². The van der Waals surface area contributed by atoms with Gasteiger partial charge < -0.3 is 5.32 Å². The van der Waals surface area contributed by atoms with E-state index < -0.39 is 10.0 Å². The molecule has 6 nitrogen and oxygen atoms in total. The average molecular weight is 395 g/mol. The quantitative estimate of drug-likeness (QED) is 0.651. The fourth-order valence-corrected chi connectivity index (χ4v) is 4.53. The van der Waals surface area contributed by atoms with E-state index in [1.807, 2.05) is 24.3 Å². The van der Waals surface area contributed by atoms with E-state index >= 15 is 0 Å². The Labute approximate surface area is 154 Å². The molecule has 0 radical (unpaired) electrons. The molecule has 0 aliphatic heterocycles. The molecular weight excluding hydrogens is 380 g/mol. The SMILES string of the molecule is CCc1ccc(Nc2ccc(NS(=O)(=O)c3ccc(Cl)s3)nn2)cc1. The van der Waals surface area contributed by atoms with E-state index in [2.05, 4.69) is 27.2 Å². The van der Waals surface area contributed by atoms with E-state index in [1.54, 1.807) is 12.1 Å². The number of hydrogen-bond acceptors (Lipinski definition) is 6. The van der Waals surface area contributed by atoms with Crippen molar-refractivity contribution in [2.24, 2.45) is 0 Å². The van der Waals surface area contributed by atoms with Crippen LogP contribution < -0.4 is 10.0 Å². The number of sulfonamides is 1. The predicted octanol–water partition coefficient (Wildman–Crippen LogP) is 4.30. The predicted molar refractivity (Wildman–Crippen MR) is 101 cm³/mol. The third-order valence-corrected chi connectivity index (χ3v) is 6.43. The Morgan fingerprint density at radius 2 is 1.68 bits per heavy atom. The Morgan fingerprint density at radius 3 is 2.24 bits per heavy atom. The summed E-state index contributed by atoms with van der Waals surface area (Å²) in [7, 11) is -3.71. The van der Waals surface area contributed by atoms with Crippen LogP contribution in [-0.4, -0.2) is 18.6 Å². The van der Waals surface area contributed by atoms with Crippen molar-refractivity contribution in [1.29, 1.82) is 0 Å². The van der Waals surface area contributed by atoms with Crippen molar-refractivity contribution in [1.82, 2.24) is 10.2 Å². The molecule has 0 spiro atoms. The molecule has 2 aromatic heterocycles. The topological polar surface area (TPSA) is 84.0 Å². The van der Waals surface area contributed by atoms with Crippen LogP contribution in [0, 0.1) is 0 Å². The van der Waals surface area contributed by atoms with Gasteiger partial charge in [0.25, 0.3) is 10.0 Å². The third kappa shape index (κ3) is 4.47. The van der Waals surface area contributed by atoms with Crippen LogP contribution in [0.3, 0.4) is 0 Å². The van der Waals surface area contributed by atoms with Crippen LogP contribution in [0.15, 0.2) is 52.7 Å². The maximum atomic E-state index is 12.2. The van der Waals surface area contributed by atoms with Crippen molar-refractivity contribution < 1.29 is 8.42 Å². The maximum absolute atomic E-state index is 12.2. The molecule has 0 unspecified atom stereocenters. The van der Waals surface area contributed by atoms with Crippen LogP contribution in [0.25, 0.3) is 0 Å². The Hall–Kier alpha value is -2.16. The summed E-state index contributed by atoms with van der Waals surface area (Å²) >= 11 is 6.75. The molecular formula is C16H15ClN4O2S2. The lowest BCUT2D eigenvalue weighted by Gasteiger charge is -2.07. The number of anilines is 3. The Kier molecular flexibility index (Phi) is 5.22. The van der Waals surface area contributed by atoms with Crippen molar-refractivity contribution in [2.45, 2.75) is 17.6 Å². The molecule has 0 aliphatic carbocycles. The molecule has 0 atom stereocenters. The second-order valence-electron chi connectivity index (χ2n) is 5.14. The van der Waals surface area contributed by atoms with Crippen LogP contribution in [0.5, 0.6) is 0 Å². The highest BCUT2D eigenvalue weighted by molar-refractivity contribution is 7.94. The Balaban J connectivity index is 1.69. The number of halogens is 1. The molecule has 25 heavy (non-hydrogen) atoms. The van der Waals surface area contributed by atoms with Crippen molar-refractivity contribution in [3.05, 3.63) is 58.4 Å². The summed E-state index contributed by atoms with van der Waals surface area (Å²) in [4.78, 5) is 0. The van der Waals surface area contributed by atoms with Crippen LogP contribution in [0.1, 0.15) is 12.5 Å². The van der Waals surface area contributed by atoms with Gasteiger partial charge in [-0.25, -0.2) is 8.42 Å². The number of hydrogen-bond donors (Lipinski definition) is 2. The van der Waals surface area contributed by atoms with Gasteiger partial charge in [0.15, 0.2) is 11.6 Å². The van der Waals surface area contributed by atoms with Gasteiger partial charge in [0, 0.05) is 5.69 Å². The van der Waals surface area contributed by atoms with Gasteiger partial charge in [-0.3, -0.25) is 4.72 Å². The van der Waals surface area contributed by atoms with E-state index in [0.29, 0.717) is 10.2 Å². The maximum Gasteiger partial charge on any atom is 0.272 e. The minimum Gasteiger partial charge on any atom is -0.339 e. The van der Waals surface area contributed by atoms with Crippen LogP contribution in [-0.2, 0) is 16.4 Å². The standard InChI is InChI=1S/C16H15ClN4O2S2/c1-2-11-3-5-12(6-4-11)18-14-8-9-15(20-19-14)21-25(22,23)16-10-7-13(17)24-16/h3-10H,2H2,1H3,(H,18,19)(H,20,21). The van der Waals surface area contributed by atoms with Crippen molar-refractivity contribution >= 4 is 50.3 Å². The van der Waals surface area contributed by atoms with Crippen molar-refractivity contribution in [2.75, 3.05) is 10.0 Å². The minimum atomic E-state index is -3.71. The van der Waals surface area contributed by atoms with Gasteiger partial charge >= 0.3 is 0 Å². The summed E-state index contributed by atoms with van der Waals surface area (Å²) in [6.45, 7) is 2.10. The van der Waals surface area contributed by atoms with Gasteiger partial charge in [0.05, 0.1) is 4.34 Å². The second-order valence-corrected chi connectivity index (χ2v) is 8.77. The molecule has 3 rings (SSSR count). The summed E-state index contributed by atoms with van der Waals surface area (Å²) in [5.74, 6) is 0.655. The first-order valence-electron chi connectivity index (χ1n) is 7.44. The van der Waals surface area contributed by atoms with Crippen LogP contribution in [0.4, 0.5) is 17.3 Å². The number of thiophene rings is 1. The smallest absolute Gasteiger partial charge is 0.272 e. The zero-order valence-electron chi connectivity index (χ0n) is 13.2. The fraction of sp³-hybridized carbons (Fsp3) is 0.125. The molecule has 2 heterocycles. The monoisotopic (exact) mass is 394 g/mol. The molecule has 0 bridgehead atoms. The zero-order valence-corrected chi connectivity index (χ0v) is 15.6. The van der Waals surface area contributed by atoms with Crippen LogP contribution >= 0.6 is 22.9 Å². The summed E-state index contributed by atoms with van der Waals surface area (Å²) in [5, 5.41) is 11.0. The molecule has 0 saturated heterocycles. The van der Waals surface area contributed by atoms with E-state index in [4.69, 9.17) is 11.6 Å². The number of aryl methyl sites for hydroxylation is 1. The van der Waals surface area contributed by atoms with Gasteiger partial charge in [-0.05, 0) is 48.4 Å². The number of benzene rings is 1. The number of nitrogens with one attached hydrogen (secondary N) is 2. The number of aromatic nitrogens is 2. The lowest BCUT2D eigenvalue weighted by molar-refractivity contribution is 0.603. The molecule has 0 fully saturated rings. The van der Waals surface area contributed by atoms with Gasteiger partial charge in [-0.2, -0.15) is 0 Å². The molecule has 0 aliphatic rings. The lowest BCUT2D eigenvalue weighted by atomic mass is 10.1. The summed E-state index contributed by atoms with van der Waals surface area (Å²) in [5.41, 5.74) is 2.13. The fourth-order valence-electron chi connectivity index (χ4n) is 2.06. The largest absolute Gasteiger partial charge is 0.339 e. The number of rotatable bonds is 6. The zero-order chi connectivity index (χ0) is 17.9. The lowest BCUT2D eigenvalue weighted by Crippen LogP contribution is -2.13. The normalized spacial score (nSPS) is 11.3. The first-order chi connectivity index (χ1) is 12.0. The van der Waals surface area contributed by atoms with Crippen LogP contribution in [0.2, 0.25) is 4.34 Å². The van der Waals surface area contributed by atoms with Gasteiger partial charge in [-0.15, -0.1) is 21.5 Å². The van der Waals surface area contributed by atoms with E-state index in [9.17, 15) is 8.42 Å². The Bertz CT molecular complexity index is 955. The van der Waals surface area contributed by atoms with Gasteiger partial charge in [0.1, 0.15) is 4.21 Å². The second kappa shape index (κ2) is 7.38. The molecule has 0 saturated carbocycles. The summed E-state index contributed by atoms with van der Waals surface area (Å²) < 4.78 is 27.3. The Morgan fingerprint density at radius 1 is 1.00 bits per heavy atom. The highest BCUT2D eigenvalue weighted by Crippen LogP contribution is 2.27. The molecule has 1 aromatic carbocycles. The van der Waals surface area contributed by atoms with Gasteiger partial charge in [-0.1, -0.05) is 30.7 Å².